The summed E-state index contributed by atoms with van der Waals surface area (Å²) in [5, 5.41) is 4.19. The molecule has 1 aliphatic carbocycles. The van der Waals surface area contributed by atoms with Gasteiger partial charge in [0, 0.05) is 6.54 Å². The molecule has 0 bridgehead atoms. The van der Waals surface area contributed by atoms with Crippen LogP contribution < -0.4 is 10.1 Å². The van der Waals surface area contributed by atoms with Gasteiger partial charge in [0.2, 0.25) is 0 Å². The zero-order chi connectivity index (χ0) is 11.0. The summed E-state index contributed by atoms with van der Waals surface area (Å²) in [5.74, 6) is 0.881. The summed E-state index contributed by atoms with van der Waals surface area (Å²) in [6, 6.07) is 4.16. The average molecular weight is 238 g/mol. The minimum absolute atomic E-state index is 0.400. The van der Waals surface area contributed by atoms with Crippen LogP contribution in [0.3, 0.4) is 0 Å². The zero-order valence-corrected chi connectivity index (χ0v) is 10.0. The molecule has 86 valence electrons. The second-order valence-corrected chi connectivity index (χ2v) is 4.99. The lowest BCUT2D eigenvalue weighted by atomic mass is 9.96. The van der Waals surface area contributed by atoms with Crippen LogP contribution in [-0.4, -0.2) is 12.6 Å². The lowest BCUT2D eigenvalue weighted by Crippen LogP contribution is -2.26. The van der Waals surface area contributed by atoms with Gasteiger partial charge >= 0.3 is 0 Å². The summed E-state index contributed by atoms with van der Waals surface area (Å²) < 4.78 is 5.89. The summed E-state index contributed by atoms with van der Waals surface area (Å²) in [7, 11) is 0. The standard InChI is InChI=1S/C13H16ClNO/c14-13-11-6-7-15-8-9(11)4-5-12(13)16-10-2-1-3-10/h4-5,10,15H,1-3,6-8H2. The van der Waals surface area contributed by atoms with Crippen LogP contribution in [0.25, 0.3) is 0 Å². The van der Waals surface area contributed by atoms with E-state index in [4.69, 9.17) is 16.3 Å². The van der Waals surface area contributed by atoms with Crippen LogP contribution in [0.2, 0.25) is 5.02 Å². The number of hydrogen-bond acceptors (Lipinski definition) is 2. The first kappa shape index (κ1) is 10.4. The number of halogens is 1. The number of ether oxygens (including phenoxy) is 1. The van der Waals surface area contributed by atoms with Crippen LogP contribution in [0.1, 0.15) is 30.4 Å². The van der Waals surface area contributed by atoms with Gasteiger partial charge < -0.3 is 10.1 Å². The number of nitrogens with one attached hydrogen (secondary N) is 1. The molecule has 16 heavy (non-hydrogen) atoms. The molecular weight excluding hydrogens is 222 g/mol. The number of hydrogen-bond donors (Lipinski definition) is 1. The quantitative estimate of drug-likeness (QED) is 0.854. The third kappa shape index (κ3) is 1.80. The maximum absolute atomic E-state index is 6.40. The Labute approximate surface area is 101 Å². The van der Waals surface area contributed by atoms with Crippen molar-refractivity contribution in [3.8, 4) is 5.75 Å². The molecule has 0 unspecified atom stereocenters. The van der Waals surface area contributed by atoms with Crippen molar-refractivity contribution in [3.63, 3.8) is 0 Å². The van der Waals surface area contributed by atoms with Gasteiger partial charge in [-0.15, -0.1) is 0 Å². The van der Waals surface area contributed by atoms with Gasteiger partial charge in [0.15, 0.2) is 0 Å². The maximum Gasteiger partial charge on any atom is 0.138 e. The van der Waals surface area contributed by atoms with Crippen molar-refractivity contribution in [2.45, 2.75) is 38.3 Å². The normalized spacial score (nSPS) is 20.1. The fourth-order valence-electron chi connectivity index (χ4n) is 2.27. The third-order valence-electron chi connectivity index (χ3n) is 3.52. The Hall–Kier alpha value is -0.730. The van der Waals surface area contributed by atoms with Crippen LogP contribution in [-0.2, 0) is 13.0 Å². The van der Waals surface area contributed by atoms with E-state index < -0.39 is 0 Å². The van der Waals surface area contributed by atoms with Crippen molar-refractivity contribution < 1.29 is 4.74 Å². The van der Waals surface area contributed by atoms with Crippen molar-refractivity contribution in [1.82, 2.24) is 5.32 Å². The molecule has 0 amide bonds. The van der Waals surface area contributed by atoms with Crippen LogP contribution in [0.5, 0.6) is 5.75 Å². The first-order valence-electron chi connectivity index (χ1n) is 6.02. The van der Waals surface area contributed by atoms with E-state index in [1.807, 2.05) is 6.07 Å². The summed E-state index contributed by atoms with van der Waals surface area (Å²) in [6.07, 6.45) is 5.05. The Kier molecular flexibility index (Phi) is 2.78. The van der Waals surface area contributed by atoms with Gasteiger partial charge in [-0.2, -0.15) is 0 Å². The molecule has 0 saturated heterocycles. The van der Waals surface area contributed by atoms with Gasteiger partial charge in [0.05, 0.1) is 11.1 Å². The predicted octanol–water partition coefficient (Wildman–Crippen LogP) is 2.92. The van der Waals surface area contributed by atoms with E-state index >= 15 is 0 Å². The summed E-state index contributed by atoms with van der Waals surface area (Å²) >= 11 is 6.40. The Morgan fingerprint density at radius 1 is 1.31 bits per heavy atom. The maximum atomic E-state index is 6.40. The van der Waals surface area contributed by atoms with Crippen LogP contribution in [0, 0.1) is 0 Å². The molecule has 0 atom stereocenters. The second-order valence-electron chi connectivity index (χ2n) is 4.61. The summed E-state index contributed by atoms with van der Waals surface area (Å²) in [5.41, 5.74) is 2.59. The number of rotatable bonds is 2. The van der Waals surface area contributed by atoms with Gasteiger partial charge in [0.1, 0.15) is 5.75 Å². The molecule has 1 N–H and O–H groups in total. The largest absolute Gasteiger partial charge is 0.489 e. The second kappa shape index (κ2) is 4.27. The lowest BCUT2D eigenvalue weighted by molar-refractivity contribution is 0.120. The van der Waals surface area contributed by atoms with Crippen molar-refractivity contribution in [2.24, 2.45) is 0 Å². The van der Waals surface area contributed by atoms with E-state index in [2.05, 4.69) is 11.4 Å². The van der Waals surface area contributed by atoms with Crippen LogP contribution in [0.15, 0.2) is 12.1 Å². The molecule has 1 aliphatic heterocycles. The van der Waals surface area contributed by atoms with E-state index in [1.54, 1.807) is 0 Å². The summed E-state index contributed by atoms with van der Waals surface area (Å²) in [6.45, 7) is 1.94. The molecule has 0 spiro atoms. The van der Waals surface area contributed by atoms with Gasteiger partial charge in [-0.05, 0) is 49.4 Å². The van der Waals surface area contributed by atoms with E-state index in [9.17, 15) is 0 Å². The highest BCUT2D eigenvalue weighted by Crippen LogP contribution is 2.35. The SMILES string of the molecule is Clc1c(OC2CCC2)ccc2c1CCNC2. The Morgan fingerprint density at radius 2 is 2.19 bits per heavy atom. The lowest BCUT2D eigenvalue weighted by Gasteiger charge is -2.28. The molecule has 1 saturated carbocycles. The molecule has 3 heteroatoms. The molecule has 2 aliphatic rings. The average Bonchev–Trinajstić information content (AvgIpc) is 2.26. The highest BCUT2D eigenvalue weighted by molar-refractivity contribution is 6.33. The summed E-state index contributed by atoms with van der Waals surface area (Å²) in [4.78, 5) is 0. The molecule has 2 nitrogen and oxygen atoms in total. The molecule has 1 fully saturated rings. The Morgan fingerprint density at radius 3 is 2.94 bits per heavy atom. The minimum atomic E-state index is 0.400. The molecule has 1 aromatic rings. The monoisotopic (exact) mass is 237 g/mol. The molecular formula is C13H16ClNO. The van der Waals surface area contributed by atoms with Gasteiger partial charge in [0.25, 0.3) is 0 Å². The van der Waals surface area contributed by atoms with Gasteiger partial charge in [-0.25, -0.2) is 0 Å². The molecule has 1 aromatic carbocycles. The Balaban J connectivity index is 1.87. The smallest absolute Gasteiger partial charge is 0.138 e. The molecule has 3 rings (SSSR count). The highest BCUT2D eigenvalue weighted by atomic mass is 35.5. The third-order valence-corrected chi connectivity index (χ3v) is 3.93. The van der Waals surface area contributed by atoms with E-state index in [0.717, 1.165) is 30.3 Å². The van der Waals surface area contributed by atoms with Crippen molar-refractivity contribution >= 4 is 11.6 Å². The van der Waals surface area contributed by atoms with Crippen molar-refractivity contribution in [1.29, 1.82) is 0 Å². The van der Waals surface area contributed by atoms with Crippen molar-refractivity contribution in [2.75, 3.05) is 6.54 Å². The topological polar surface area (TPSA) is 21.3 Å². The number of fused-ring (bicyclic) bond motifs is 1. The fourth-order valence-corrected chi connectivity index (χ4v) is 2.59. The number of benzene rings is 1. The van der Waals surface area contributed by atoms with Crippen LogP contribution in [0.4, 0.5) is 0 Å². The van der Waals surface area contributed by atoms with E-state index in [1.165, 1.54) is 30.4 Å². The molecule has 0 radical (unpaired) electrons. The fraction of sp³-hybridized carbons (Fsp3) is 0.538. The minimum Gasteiger partial charge on any atom is -0.489 e. The van der Waals surface area contributed by atoms with Crippen LogP contribution >= 0.6 is 11.6 Å². The predicted molar refractivity (Wildman–Crippen MR) is 65.1 cm³/mol. The van der Waals surface area contributed by atoms with E-state index in [0.29, 0.717) is 6.10 Å². The first-order chi connectivity index (χ1) is 7.84. The first-order valence-corrected chi connectivity index (χ1v) is 6.40. The Bertz CT molecular complexity index is 401. The molecule has 0 aromatic heterocycles. The van der Waals surface area contributed by atoms with E-state index in [-0.39, 0.29) is 0 Å². The molecule has 1 heterocycles. The highest BCUT2D eigenvalue weighted by Gasteiger charge is 2.22. The van der Waals surface area contributed by atoms with Gasteiger partial charge in [-0.1, -0.05) is 17.7 Å². The zero-order valence-electron chi connectivity index (χ0n) is 9.26. The van der Waals surface area contributed by atoms with Gasteiger partial charge in [-0.3, -0.25) is 0 Å². The van der Waals surface area contributed by atoms with Crippen molar-refractivity contribution in [3.05, 3.63) is 28.3 Å².